The van der Waals surface area contributed by atoms with E-state index in [2.05, 4.69) is 10.6 Å². The molecule has 1 atom stereocenters. The van der Waals surface area contributed by atoms with E-state index < -0.39 is 0 Å². The van der Waals surface area contributed by atoms with Crippen molar-refractivity contribution < 1.29 is 4.79 Å². The second-order valence-corrected chi connectivity index (χ2v) is 3.76. The van der Waals surface area contributed by atoms with Crippen molar-refractivity contribution in [2.75, 3.05) is 17.6 Å². The van der Waals surface area contributed by atoms with Crippen LogP contribution in [0, 0.1) is 0 Å². The smallest absolute Gasteiger partial charge is 0.241 e. The lowest BCUT2D eigenvalue weighted by molar-refractivity contribution is -0.117. The molecule has 0 radical (unpaired) electrons. The van der Waals surface area contributed by atoms with Crippen molar-refractivity contribution in [2.24, 2.45) is 0 Å². The first-order valence-electron chi connectivity index (χ1n) is 5.15. The summed E-state index contributed by atoms with van der Waals surface area (Å²) in [6.07, 6.45) is 1.99. The molecule has 0 saturated carbocycles. The van der Waals surface area contributed by atoms with Crippen LogP contribution in [0.15, 0.2) is 24.3 Å². The monoisotopic (exact) mass is 205 g/mol. The highest BCUT2D eigenvalue weighted by atomic mass is 16.2. The third-order valence-corrected chi connectivity index (χ3v) is 2.56. The van der Waals surface area contributed by atoms with Gasteiger partial charge in [-0.1, -0.05) is 0 Å². The third-order valence-electron chi connectivity index (χ3n) is 2.56. The van der Waals surface area contributed by atoms with Crippen molar-refractivity contribution in [3.8, 4) is 0 Å². The van der Waals surface area contributed by atoms with Crippen molar-refractivity contribution in [3.05, 3.63) is 24.3 Å². The molecule has 1 fully saturated rings. The van der Waals surface area contributed by atoms with E-state index in [-0.39, 0.29) is 11.9 Å². The molecule has 1 aliphatic heterocycles. The number of nitrogens with two attached hydrogens (primary N) is 1. The van der Waals surface area contributed by atoms with Gasteiger partial charge in [-0.05, 0) is 43.7 Å². The Morgan fingerprint density at radius 3 is 2.73 bits per heavy atom. The molecule has 2 rings (SSSR count). The summed E-state index contributed by atoms with van der Waals surface area (Å²) >= 11 is 0. The summed E-state index contributed by atoms with van der Waals surface area (Å²) in [6.45, 7) is 0.930. The number of anilines is 2. The zero-order valence-electron chi connectivity index (χ0n) is 8.49. The van der Waals surface area contributed by atoms with E-state index in [1.54, 1.807) is 12.1 Å². The molecule has 80 valence electrons. The molecule has 4 nitrogen and oxygen atoms in total. The van der Waals surface area contributed by atoms with Gasteiger partial charge in [-0.15, -0.1) is 0 Å². The highest BCUT2D eigenvalue weighted by Gasteiger charge is 2.21. The summed E-state index contributed by atoms with van der Waals surface area (Å²) in [4.78, 5) is 11.7. The number of hydrogen-bond donors (Lipinski definition) is 3. The molecule has 0 bridgehead atoms. The number of nitrogen functional groups attached to an aromatic ring is 1. The molecule has 1 amide bonds. The summed E-state index contributed by atoms with van der Waals surface area (Å²) < 4.78 is 0. The first-order chi connectivity index (χ1) is 7.25. The van der Waals surface area contributed by atoms with Gasteiger partial charge in [0.2, 0.25) is 5.91 Å². The van der Waals surface area contributed by atoms with Crippen LogP contribution >= 0.6 is 0 Å². The highest BCUT2D eigenvalue weighted by molar-refractivity contribution is 5.95. The minimum atomic E-state index is -0.0393. The van der Waals surface area contributed by atoms with Crippen LogP contribution in [0.25, 0.3) is 0 Å². The molecule has 4 N–H and O–H groups in total. The van der Waals surface area contributed by atoms with Crippen LogP contribution < -0.4 is 16.4 Å². The van der Waals surface area contributed by atoms with Gasteiger partial charge in [0.25, 0.3) is 0 Å². The molecule has 1 saturated heterocycles. The Labute approximate surface area is 88.9 Å². The Kier molecular flexibility index (Phi) is 2.87. The molecule has 0 aliphatic carbocycles. The second-order valence-electron chi connectivity index (χ2n) is 3.76. The number of nitrogens with one attached hydrogen (secondary N) is 2. The summed E-state index contributed by atoms with van der Waals surface area (Å²) in [5.41, 5.74) is 7.05. The zero-order chi connectivity index (χ0) is 10.7. The fraction of sp³-hybridized carbons (Fsp3) is 0.364. The predicted octanol–water partition coefficient (Wildman–Crippen LogP) is 0.959. The molecule has 1 aromatic carbocycles. The van der Waals surface area contributed by atoms with Crippen molar-refractivity contribution in [1.29, 1.82) is 0 Å². The van der Waals surface area contributed by atoms with Gasteiger partial charge in [0.15, 0.2) is 0 Å². The van der Waals surface area contributed by atoms with Crippen LogP contribution in [0.5, 0.6) is 0 Å². The average molecular weight is 205 g/mol. The van der Waals surface area contributed by atoms with E-state index in [1.165, 1.54) is 0 Å². The quantitative estimate of drug-likeness (QED) is 0.630. The largest absolute Gasteiger partial charge is 0.399 e. The van der Waals surface area contributed by atoms with E-state index >= 15 is 0 Å². The standard InChI is InChI=1S/C11H15N3O/c12-8-3-5-9(6-4-8)14-11(15)10-2-1-7-13-10/h3-6,10,13H,1-2,7,12H2,(H,14,15). The van der Waals surface area contributed by atoms with E-state index in [4.69, 9.17) is 5.73 Å². The lowest BCUT2D eigenvalue weighted by Gasteiger charge is -2.10. The van der Waals surface area contributed by atoms with Crippen molar-refractivity contribution >= 4 is 17.3 Å². The van der Waals surface area contributed by atoms with Crippen LogP contribution in [0.4, 0.5) is 11.4 Å². The van der Waals surface area contributed by atoms with Gasteiger partial charge in [-0.2, -0.15) is 0 Å². The molecule has 1 heterocycles. The SMILES string of the molecule is Nc1ccc(NC(=O)C2CCCN2)cc1. The molecule has 15 heavy (non-hydrogen) atoms. The Bertz CT molecular complexity index is 341. The first kappa shape index (κ1) is 9.98. The van der Waals surface area contributed by atoms with Gasteiger partial charge in [-0.3, -0.25) is 4.79 Å². The Morgan fingerprint density at radius 2 is 2.13 bits per heavy atom. The van der Waals surface area contributed by atoms with E-state index in [0.29, 0.717) is 5.69 Å². The number of hydrogen-bond acceptors (Lipinski definition) is 3. The molecule has 4 heteroatoms. The van der Waals surface area contributed by atoms with Gasteiger partial charge >= 0.3 is 0 Å². The lowest BCUT2D eigenvalue weighted by Crippen LogP contribution is -2.35. The molecular weight excluding hydrogens is 190 g/mol. The van der Waals surface area contributed by atoms with Gasteiger partial charge in [0.05, 0.1) is 6.04 Å². The normalized spacial score (nSPS) is 20.1. The number of carbonyl (C=O) groups excluding carboxylic acids is 1. The summed E-state index contributed by atoms with van der Waals surface area (Å²) in [7, 11) is 0. The number of rotatable bonds is 2. The van der Waals surface area contributed by atoms with E-state index in [9.17, 15) is 4.79 Å². The molecule has 1 unspecified atom stereocenters. The third kappa shape index (κ3) is 2.47. The Hall–Kier alpha value is -1.55. The molecule has 0 spiro atoms. The number of benzene rings is 1. The fourth-order valence-corrected chi connectivity index (χ4v) is 1.70. The maximum atomic E-state index is 11.7. The van der Waals surface area contributed by atoms with Crippen molar-refractivity contribution in [3.63, 3.8) is 0 Å². The molecule has 1 aromatic rings. The fourth-order valence-electron chi connectivity index (χ4n) is 1.70. The lowest BCUT2D eigenvalue weighted by atomic mass is 10.2. The van der Waals surface area contributed by atoms with Gasteiger partial charge in [-0.25, -0.2) is 0 Å². The highest BCUT2D eigenvalue weighted by Crippen LogP contribution is 2.12. The van der Waals surface area contributed by atoms with E-state index in [1.807, 2.05) is 12.1 Å². The van der Waals surface area contributed by atoms with Crippen LogP contribution in [-0.4, -0.2) is 18.5 Å². The summed E-state index contributed by atoms with van der Waals surface area (Å²) in [5, 5.41) is 6.01. The summed E-state index contributed by atoms with van der Waals surface area (Å²) in [5.74, 6) is 0.0391. The maximum Gasteiger partial charge on any atom is 0.241 e. The minimum absolute atomic E-state index is 0.0391. The van der Waals surface area contributed by atoms with Crippen LogP contribution in [0.2, 0.25) is 0 Å². The van der Waals surface area contributed by atoms with E-state index in [0.717, 1.165) is 25.1 Å². The van der Waals surface area contributed by atoms with Crippen molar-refractivity contribution in [1.82, 2.24) is 5.32 Å². The second kappa shape index (κ2) is 4.31. The molecule has 0 aromatic heterocycles. The van der Waals surface area contributed by atoms with Crippen LogP contribution in [0.3, 0.4) is 0 Å². The topological polar surface area (TPSA) is 67.1 Å². The Balaban J connectivity index is 1.96. The van der Waals surface area contributed by atoms with Crippen molar-refractivity contribution in [2.45, 2.75) is 18.9 Å². The number of amides is 1. The Morgan fingerprint density at radius 1 is 1.40 bits per heavy atom. The summed E-state index contributed by atoms with van der Waals surface area (Å²) in [6, 6.07) is 7.13. The predicted molar refractivity (Wildman–Crippen MR) is 60.5 cm³/mol. The van der Waals surface area contributed by atoms with Crippen LogP contribution in [-0.2, 0) is 4.79 Å². The average Bonchev–Trinajstić information content (AvgIpc) is 2.74. The van der Waals surface area contributed by atoms with Gasteiger partial charge in [0, 0.05) is 11.4 Å². The van der Waals surface area contributed by atoms with Crippen LogP contribution in [0.1, 0.15) is 12.8 Å². The van der Waals surface area contributed by atoms with Gasteiger partial charge in [0.1, 0.15) is 0 Å². The zero-order valence-corrected chi connectivity index (χ0v) is 8.49. The van der Waals surface area contributed by atoms with Gasteiger partial charge < -0.3 is 16.4 Å². The maximum absolute atomic E-state index is 11.7. The number of carbonyl (C=O) groups is 1. The molecule has 1 aliphatic rings. The minimum Gasteiger partial charge on any atom is -0.399 e. The molecular formula is C11H15N3O. The first-order valence-corrected chi connectivity index (χ1v) is 5.15.